The average molecular weight is 278 g/mol. The molecular weight excluding hydrogens is 256 g/mol. The van der Waals surface area contributed by atoms with E-state index in [1.54, 1.807) is 18.2 Å². The van der Waals surface area contributed by atoms with E-state index < -0.39 is 0 Å². The van der Waals surface area contributed by atoms with Gasteiger partial charge >= 0.3 is 0 Å². The zero-order valence-corrected chi connectivity index (χ0v) is 11.9. The first-order valence-electron chi connectivity index (χ1n) is 6.62. The Morgan fingerprint density at radius 3 is 2.85 bits per heavy atom. The van der Waals surface area contributed by atoms with Crippen molar-refractivity contribution in [3.05, 3.63) is 29.8 Å². The van der Waals surface area contributed by atoms with Gasteiger partial charge in [0.25, 0.3) is 0 Å². The van der Waals surface area contributed by atoms with Crippen LogP contribution in [-0.2, 0) is 4.79 Å². The fourth-order valence-electron chi connectivity index (χ4n) is 1.47. The molecule has 0 heterocycles. The van der Waals surface area contributed by atoms with Crippen LogP contribution in [0.15, 0.2) is 24.3 Å². The van der Waals surface area contributed by atoms with Gasteiger partial charge in [0.15, 0.2) is 0 Å². The number of hydrogen-bond donors (Lipinski definition) is 3. The lowest BCUT2D eigenvalue weighted by atomic mass is 10.1. The largest absolute Gasteiger partial charge is 0.491 e. The molecule has 5 heteroatoms. The quantitative estimate of drug-likeness (QED) is 0.520. The number of nitrogens with one attached hydrogen (secondary N) is 1. The van der Waals surface area contributed by atoms with Gasteiger partial charge in [0, 0.05) is 12.6 Å². The zero-order chi connectivity index (χ0) is 15.0. The molecule has 0 saturated heterocycles. The molecule has 0 bridgehead atoms. The van der Waals surface area contributed by atoms with Gasteiger partial charge in [-0.25, -0.2) is 0 Å². The Balaban J connectivity index is 2.62. The topological polar surface area (TPSA) is 84.6 Å². The molecule has 0 unspecified atom stereocenters. The Bertz CT molecular complexity index is 470. The van der Waals surface area contributed by atoms with Crippen LogP contribution in [0.5, 0.6) is 5.75 Å². The van der Waals surface area contributed by atoms with Crippen LogP contribution in [0, 0.1) is 5.92 Å². The van der Waals surface area contributed by atoms with Crippen LogP contribution in [0.3, 0.4) is 0 Å². The van der Waals surface area contributed by atoms with Gasteiger partial charge in [-0.1, -0.05) is 19.9 Å². The van der Waals surface area contributed by atoms with Crippen LogP contribution in [0.25, 0.3) is 6.08 Å². The van der Waals surface area contributed by atoms with Gasteiger partial charge in [-0.05, 0) is 29.7 Å². The summed E-state index contributed by atoms with van der Waals surface area (Å²) in [5.74, 6) is 0.836. The molecule has 0 aliphatic carbocycles. The molecule has 0 fully saturated rings. The van der Waals surface area contributed by atoms with Crippen LogP contribution in [-0.4, -0.2) is 30.8 Å². The fraction of sp³-hybridized carbons (Fsp3) is 0.400. The van der Waals surface area contributed by atoms with E-state index in [-0.39, 0.29) is 19.1 Å². The van der Waals surface area contributed by atoms with Crippen molar-refractivity contribution in [2.24, 2.45) is 5.92 Å². The Morgan fingerprint density at radius 1 is 1.50 bits per heavy atom. The molecule has 0 aliphatic heterocycles. The number of rotatable bonds is 7. The molecule has 0 aliphatic rings. The number of benzene rings is 1. The normalized spacial score (nSPS) is 11.0. The van der Waals surface area contributed by atoms with Gasteiger partial charge in [0.1, 0.15) is 5.75 Å². The molecule has 20 heavy (non-hydrogen) atoms. The Hall–Kier alpha value is -2.01. The average Bonchev–Trinajstić information content (AvgIpc) is 2.41. The first kappa shape index (κ1) is 16.0. The van der Waals surface area contributed by atoms with Crippen molar-refractivity contribution in [2.75, 3.05) is 25.5 Å². The smallest absolute Gasteiger partial charge is 0.244 e. The summed E-state index contributed by atoms with van der Waals surface area (Å²) in [5.41, 5.74) is 7.26. The summed E-state index contributed by atoms with van der Waals surface area (Å²) in [6.07, 6.45) is 3.06. The van der Waals surface area contributed by atoms with Gasteiger partial charge in [-0.2, -0.15) is 0 Å². The van der Waals surface area contributed by atoms with Crippen molar-refractivity contribution in [3.8, 4) is 5.75 Å². The number of anilines is 1. The number of nitrogens with two attached hydrogens (primary N) is 1. The van der Waals surface area contributed by atoms with Crippen molar-refractivity contribution >= 4 is 17.7 Å². The SMILES string of the molecule is CC(C)COc1ccc(/C=C\C(=O)NCCO)cc1N. The van der Waals surface area contributed by atoms with E-state index in [2.05, 4.69) is 19.2 Å². The molecule has 1 aromatic carbocycles. The Kier molecular flexibility index (Phi) is 6.59. The van der Waals surface area contributed by atoms with Crippen LogP contribution in [0.4, 0.5) is 5.69 Å². The summed E-state index contributed by atoms with van der Waals surface area (Å²) in [6.45, 7) is 4.92. The predicted molar refractivity (Wildman–Crippen MR) is 80.3 cm³/mol. The number of nitrogen functional groups attached to an aromatic ring is 1. The summed E-state index contributed by atoms with van der Waals surface area (Å²) in [6, 6.07) is 5.39. The van der Waals surface area contributed by atoms with Gasteiger partial charge < -0.3 is 20.9 Å². The molecule has 0 spiro atoms. The van der Waals surface area contributed by atoms with Gasteiger partial charge in [-0.15, -0.1) is 0 Å². The van der Waals surface area contributed by atoms with E-state index in [0.29, 0.717) is 24.0 Å². The molecule has 0 aromatic heterocycles. The van der Waals surface area contributed by atoms with Gasteiger partial charge in [-0.3, -0.25) is 4.79 Å². The summed E-state index contributed by atoms with van der Waals surface area (Å²) >= 11 is 0. The third-order valence-electron chi connectivity index (χ3n) is 2.44. The third-order valence-corrected chi connectivity index (χ3v) is 2.44. The molecule has 5 nitrogen and oxygen atoms in total. The standard InChI is InChI=1S/C15H22N2O3/c1-11(2)10-20-14-5-3-12(9-13(14)16)4-6-15(19)17-7-8-18/h3-6,9,11,18H,7-8,10,16H2,1-2H3,(H,17,19)/b6-4-. The number of amides is 1. The lowest BCUT2D eigenvalue weighted by Crippen LogP contribution is -2.24. The van der Waals surface area contributed by atoms with Crippen LogP contribution >= 0.6 is 0 Å². The maximum atomic E-state index is 11.3. The molecule has 0 atom stereocenters. The van der Waals surface area contributed by atoms with Gasteiger partial charge in [0.05, 0.1) is 18.9 Å². The lowest BCUT2D eigenvalue weighted by molar-refractivity contribution is -0.116. The molecule has 4 N–H and O–H groups in total. The molecule has 0 radical (unpaired) electrons. The van der Waals surface area contributed by atoms with E-state index in [9.17, 15) is 4.79 Å². The minimum absolute atomic E-state index is 0.0750. The molecule has 0 saturated carbocycles. The van der Waals surface area contributed by atoms with E-state index in [4.69, 9.17) is 15.6 Å². The second kappa shape index (κ2) is 8.22. The van der Waals surface area contributed by atoms with Crippen LogP contribution in [0.1, 0.15) is 19.4 Å². The van der Waals surface area contributed by atoms with Crippen molar-refractivity contribution in [2.45, 2.75) is 13.8 Å². The van der Waals surface area contributed by atoms with Crippen LogP contribution in [0.2, 0.25) is 0 Å². The Morgan fingerprint density at radius 2 is 2.25 bits per heavy atom. The molecule has 1 amide bonds. The minimum atomic E-state index is -0.252. The second-order valence-corrected chi connectivity index (χ2v) is 4.85. The highest BCUT2D eigenvalue weighted by Crippen LogP contribution is 2.23. The van der Waals surface area contributed by atoms with Gasteiger partial charge in [0.2, 0.25) is 5.91 Å². The third kappa shape index (κ3) is 5.75. The lowest BCUT2D eigenvalue weighted by Gasteiger charge is -2.11. The molecule has 1 aromatic rings. The highest BCUT2D eigenvalue weighted by atomic mass is 16.5. The predicted octanol–water partition coefficient (Wildman–Crippen LogP) is 1.43. The summed E-state index contributed by atoms with van der Waals surface area (Å²) in [7, 11) is 0. The number of carbonyl (C=O) groups excluding carboxylic acids is 1. The Labute approximate surface area is 119 Å². The first-order valence-corrected chi connectivity index (χ1v) is 6.62. The monoisotopic (exact) mass is 278 g/mol. The summed E-state index contributed by atoms with van der Waals surface area (Å²) < 4.78 is 5.58. The van der Waals surface area contributed by atoms with E-state index in [1.807, 2.05) is 6.07 Å². The van der Waals surface area contributed by atoms with E-state index in [1.165, 1.54) is 6.08 Å². The highest BCUT2D eigenvalue weighted by molar-refractivity contribution is 5.91. The highest BCUT2D eigenvalue weighted by Gasteiger charge is 2.02. The molecular formula is C15H22N2O3. The number of aliphatic hydroxyl groups is 1. The van der Waals surface area contributed by atoms with E-state index in [0.717, 1.165) is 5.56 Å². The number of aliphatic hydroxyl groups excluding tert-OH is 1. The first-order chi connectivity index (χ1) is 9.52. The summed E-state index contributed by atoms with van der Waals surface area (Å²) in [5, 5.41) is 11.1. The van der Waals surface area contributed by atoms with Crippen molar-refractivity contribution in [1.29, 1.82) is 0 Å². The zero-order valence-electron chi connectivity index (χ0n) is 11.9. The van der Waals surface area contributed by atoms with Crippen LogP contribution < -0.4 is 15.8 Å². The minimum Gasteiger partial charge on any atom is -0.491 e. The van der Waals surface area contributed by atoms with E-state index >= 15 is 0 Å². The molecule has 110 valence electrons. The van der Waals surface area contributed by atoms with Crippen molar-refractivity contribution in [1.82, 2.24) is 5.32 Å². The summed E-state index contributed by atoms with van der Waals surface area (Å²) in [4.78, 5) is 11.3. The maximum Gasteiger partial charge on any atom is 0.244 e. The van der Waals surface area contributed by atoms with Crippen molar-refractivity contribution in [3.63, 3.8) is 0 Å². The number of ether oxygens (including phenoxy) is 1. The fourth-order valence-corrected chi connectivity index (χ4v) is 1.47. The maximum absolute atomic E-state index is 11.3. The molecule has 1 rings (SSSR count). The number of carbonyl (C=O) groups is 1. The van der Waals surface area contributed by atoms with Crippen molar-refractivity contribution < 1.29 is 14.6 Å². The number of hydrogen-bond acceptors (Lipinski definition) is 4. The second-order valence-electron chi connectivity index (χ2n) is 4.85.